The summed E-state index contributed by atoms with van der Waals surface area (Å²) in [6.45, 7) is 2.12. The summed E-state index contributed by atoms with van der Waals surface area (Å²) in [5, 5.41) is 1.14. The predicted octanol–water partition coefficient (Wildman–Crippen LogP) is 6.29. The summed E-state index contributed by atoms with van der Waals surface area (Å²) in [7, 11) is 0. The third-order valence-corrected chi connectivity index (χ3v) is 16.5. The van der Waals surface area contributed by atoms with Crippen molar-refractivity contribution >= 4 is 42.5 Å². The number of allylic oxidation sites excluding steroid dienone is 2. The monoisotopic (exact) mass is 478 g/mol. The van der Waals surface area contributed by atoms with Gasteiger partial charge in [-0.25, -0.2) is 0 Å². The zero-order valence-corrected chi connectivity index (χ0v) is 19.9. The topological polar surface area (TPSA) is 17.1 Å². The van der Waals surface area contributed by atoms with Crippen molar-refractivity contribution in [3.05, 3.63) is 102 Å². The van der Waals surface area contributed by atoms with Gasteiger partial charge in [-0.1, -0.05) is 0 Å². The minimum atomic E-state index is -2.88. The van der Waals surface area contributed by atoms with Crippen LogP contribution in [0.25, 0.3) is 0 Å². The molecule has 0 aliphatic heterocycles. The molecule has 0 aromatic heterocycles. The van der Waals surface area contributed by atoms with E-state index >= 15 is 0 Å². The van der Waals surface area contributed by atoms with E-state index in [1.807, 2.05) is 0 Å². The molecule has 1 nitrogen and oxygen atoms in total. The molecule has 0 atom stereocenters. The van der Waals surface area contributed by atoms with E-state index in [9.17, 15) is 4.79 Å². The minimum absolute atomic E-state index is 0.349. The van der Waals surface area contributed by atoms with E-state index in [4.69, 9.17) is 0 Å². The van der Waals surface area contributed by atoms with Crippen molar-refractivity contribution in [3.63, 3.8) is 0 Å². The molecule has 1 aliphatic rings. The van der Waals surface area contributed by atoms with Crippen LogP contribution in [0.5, 0.6) is 0 Å². The first kappa shape index (κ1) is 21.2. The summed E-state index contributed by atoms with van der Waals surface area (Å²) < 4.78 is 0. The third kappa shape index (κ3) is 3.61. The first-order chi connectivity index (χ1) is 14.5. The quantitative estimate of drug-likeness (QED) is 0.365. The van der Waals surface area contributed by atoms with Crippen LogP contribution in [0.1, 0.15) is 32.6 Å². The Bertz CT molecular complexity index is 958. The number of ketones is 1. The number of carbonyl (C=O) groups is 1. The molecule has 0 unspecified atom stereocenters. The van der Waals surface area contributed by atoms with E-state index in [2.05, 4.69) is 113 Å². The molecular weight excluding hydrogens is 451 g/mol. The van der Waals surface area contributed by atoms with Crippen LogP contribution in [0.2, 0.25) is 0 Å². The Morgan fingerprint density at radius 2 is 1.17 bits per heavy atom. The van der Waals surface area contributed by atoms with Gasteiger partial charge < -0.3 is 0 Å². The molecule has 3 aromatic rings. The third-order valence-electron chi connectivity index (χ3n) is 6.47. The van der Waals surface area contributed by atoms with Crippen LogP contribution in [-0.4, -0.2) is 11.9 Å². The van der Waals surface area contributed by atoms with Crippen molar-refractivity contribution in [3.8, 4) is 0 Å². The van der Waals surface area contributed by atoms with Crippen LogP contribution in [0, 0.1) is 0 Å². The number of carbonyl (C=O) groups excluding carboxylic acids is 1. The summed E-state index contributed by atoms with van der Waals surface area (Å²) >= 11 is 4.49. The van der Waals surface area contributed by atoms with E-state index in [-0.39, 0.29) is 0 Å². The average Bonchev–Trinajstić information content (AvgIpc) is 3.13. The van der Waals surface area contributed by atoms with Crippen molar-refractivity contribution < 1.29 is 4.79 Å². The summed E-state index contributed by atoms with van der Waals surface area (Å²) in [4.78, 5) is 12.4. The Morgan fingerprint density at radius 3 is 1.53 bits per heavy atom. The molecular formula is C27H28BrOP. The van der Waals surface area contributed by atoms with Crippen molar-refractivity contribution in [2.75, 3.05) is 6.16 Å². The fourth-order valence-corrected chi connectivity index (χ4v) is 12.5. The fraction of sp³-hybridized carbons (Fsp3) is 0.222. The van der Waals surface area contributed by atoms with Crippen LogP contribution in [0.4, 0.5) is 0 Å². The molecule has 154 valence electrons. The molecule has 0 N–H and O–H groups in total. The van der Waals surface area contributed by atoms with Gasteiger partial charge in [-0.2, -0.15) is 0 Å². The van der Waals surface area contributed by atoms with E-state index in [0.717, 1.165) is 31.0 Å². The van der Waals surface area contributed by atoms with E-state index < -0.39 is 5.31 Å². The SMILES string of the molecule is CC1=C(CCCP(Br)(c2ccccc2)(c2ccccc2)c2ccccc2)C(=O)CC1. The molecule has 0 saturated heterocycles. The van der Waals surface area contributed by atoms with Gasteiger partial charge in [0, 0.05) is 0 Å². The van der Waals surface area contributed by atoms with Gasteiger partial charge in [0.2, 0.25) is 0 Å². The Balaban J connectivity index is 1.86. The second kappa shape index (κ2) is 8.61. The summed E-state index contributed by atoms with van der Waals surface area (Å²) in [6, 6.07) is 32.6. The number of halogens is 1. The molecule has 0 fully saturated rings. The number of hydrogen-bond donors (Lipinski definition) is 0. The van der Waals surface area contributed by atoms with Crippen LogP contribution >= 0.6 is 20.8 Å². The molecule has 4 rings (SSSR count). The molecule has 3 aromatic carbocycles. The van der Waals surface area contributed by atoms with E-state index in [1.165, 1.54) is 21.5 Å². The molecule has 0 saturated carbocycles. The van der Waals surface area contributed by atoms with Crippen molar-refractivity contribution in [2.24, 2.45) is 0 Å². The maximum atomic E-state index is 12.4. The van der Waals surface area contributed by atoms with Gasteiger partial charge in [0.15, 0.2) is 0 Å². The normalized spacial score (nSPS) is 15.8. The Labute approximate surface area is 187 Å². The fourth-order valence-electron chi connectivity index (χ4n) is 4.80. The first-order valence-electron chi connectivity index (χ1n) is 10.7. The van der Waals surface area contributed by atoms with Gasteiger partial charge in [-0.05, 0) is 0 Å². The predicted molar refractivity (Wildman–Crippen MR) is 135 cm³/mol. The van der Waals surface area contributed by atoms with Crippen LogP contribution < -0.4 is 15.9 Å². The molecule has 0 bridgehead atoms. The zero-order chi connectivity index (χ0) is 21.1. The molecule has 0 spiro atoms. The van der Waals surface area contributed by atoms with Gasteiger partial charge in [0.05, 0.1) is 0 Å². The Hall–Kier alpha value is -2.02. The molecule has 0 heterocycles. The summed E-state index contributed by atoms with van der Waals surface area (Å²) in [5.41, 5.74) is 2.36. The average molecular weight is 479 g/mol. The molecule has 30 heavy (non-hydrogen) atoms. The Kier molecular flexibility index (Phi) is 6.09. The second-order valence-electron chi connectivity index (χ2n) is 8.20. The number of Topliss-reactive ketones (excluding diaryl/α,β-unsaturated/α-hetero) is 1. The van der Waals surface area contributed by atoms with Gasteiger partial charge in [-0.15, -0.1) is 0 Å². The molecule has 3 heteroatoms. The van der Waals surface area contributed by atoms with Crippen LogP contribution in [0.3, 0.4) is 0 Å². The van der Waals surface area contributed by atoms with E-state index in [0.29, 0.717) is 12.2 Å². The first-order valence-corrected chi connectivity index (χ1v) is 15.1. The maximum absolute atomic E-state index is 12.4. The van der Waals surface area contributed by atoms with Crippen molar-refractivity contribution in [1.82, 2.24) is 0 Å². The van der Waals surface area contributed by atoms with Gasteiger partial charge >= 0.3 is 188 Å². The summed E-state index contributed by atoms with van der Waals surface area (Å²) in [5.74, 6) is 0.349. The molecule has 1 aliphatic carbocycles. The van der Waals surface area contributed by atoms with E-state index in [1.54, 1.807) is 0 Å². The summed E-state index contributed by atoms with van der Waals surface area (Å²) in [6.07, 6.45) is 4.44. The zero-order valence-electron chi connectivity index (χ0n) is 17.4. The van der Waals surface area contributed by atoms with Gasteiger partial charge in [-0.3, -0.25) is 0 Å². The van der Waals surface area contributed by atoms with Crippen LogP contribution in [-0.2, 0) is 4.79 Å². The standard InChI is InChI=1S/C27H28BrOP/c1-22-19-20-27(29)26(22)18-11-21-30(28,23-12-5-2-6-13-23,24-14-7-3-8-15-24)25-16-9-4-10-17-25/h2-10,12-17H,11,18-21H2,1H3. The van der Waals surface area contributed by atoms with Gasteiger partial charge in [0.1, 0.15) is 0 Å². The van der Waals surface area contributed by atoms with Crippen molar-refractivity contribution in [1.29, 1.82) is 0 Å². The number of rotatable bonds is 7. The molecule has 0 radical (unpaired) electrons. The van der Waals surface area contributed by atoms with Gasteiger partial charge in [0.25, 0.3) is 0 Å². The molecule has 0 amide bonds. The Morgan fingerprint density at radius 1 is 0.733 bits per heavy atom. The van der Waals surface area contributed by atoms with Crippen molar-refractivity contribution in [2.45, 2.75) is 32.6 Å². The van der Waals surface area contributed by atoms with Crippen LogP contribution in [0.15, 0.2) is 102 Å². The second-order valence-corrected chi connectivity index (χ2v) is 17.3. The number of benzene rings is 3. The number of hydrogen-bond acceptors (Lipinski definition) is 1.